The summed E-state index contributed by atoms with van der Waals surface area (Å²) in [7, 11) is 0. The molecule has 2 N–H and O–H groups in total. The number of carbonyl (C=O) groups is 2. The molecule has 0 aromatic rings. The van der Waals surface area contributed by atoms with Crippen molar-refractivity contribution in [2.24, 2.45) is 21.8 Å². The zero-order valence-electron chi connectivity index (χ0n) is 18.6. The van der Waals surface area contributed by atoms with E-state index in [1.807, 2.05) is 27.7 Å². The van der Waals surface area contributed by atoms with Crippen molar-refractivity contribution in [2.45, 2.75) is 76.7 Å². The topological polar surface area (TPSA) is 101 Å². The van der Waals surface area contributed by atoms with Crippen molar-refractivity contribution in [3.05, 3.63) is 0 Å². The highest BCUT2D eigenvalue weighted by Gasteiger charge is 2.44. The van der Waals surface area contributed by atoms with Crippen molar-refractivity contribution in [3.8, 4) is 0 Å². The summed E-state index contributed by atoms with van der Waals surface area (Å²) in [6.07, 6.45) is 6.12. The lowest BCUT2D eigenvalue weighted by Crippen LogP contribution is -2.55. The molecule has 0 unspecified atom stereocenters. The van der Waals surface area contributed by atoms with Crippen LogP contribution in [0.5, 0.6) is 0 Å². The maximum absolute atomic E-state index is 13.2. The van der Waals surface area contributed by atoms with E-state index in [1.165, 1.54) is 0 Å². The molecule has 0 saturated carbocycles. The SMILES string of the molecule is CC(C)[C@@H]1CN=C[C@@]2(CCCO2)C(=O)N[C@H](C(C)C)CN=C[C@@]2(CCCO2)C(=O)N1. The molecule has 0 aromatic heterocycles. The molecule has 2 saturated heterocycles. The Morgan fingerprint density at radius 3 is 1.53 bits per heavy atom. The molecule has 30 heavy (non-hydrogen) atoms. The highest BCUT2D eigenvalue weighted by Crippen LogP contribution is 2.27. The van der Waals surface area contributed by atoms with E-state index in [0.717, 1.165) is 12.8 Å². The van der Waals surface area contributed by atoms with E-state index in [1.54, 1.807) is 12.4 Å². The minimum atomic E-state index is -1.04. The second-order valence-corrected chi connectivity index (χ2v) is 9.32. The van der Waals surface area contributed by atoms with Gasteiger partial charge in [0.05, 0.1) is 25.2 Å². The molecule has 2 amide bonds. The summed E-state index contributed by atoms with van der Waals surface area (Å²) in [4.78, 5) is 35.5. The maximum Gasteiger partial charge on any atom is 0.258 e. The minimum Gasteiger partial charge on any atom is -0.359 e. The van der Waals surface area contributed by atoms with Crippen LogP contribution >= 0.6 is 0 Å². The fourth-order valence-electron chi connectivity index (χ4n) is 4.06. The van der Waals surface area contributed by atoms with Crippen LogP contribution in [0.25, 0.3) is 0 Å². The third kappa shape index (κ3) is 4.91. The minimum absolute atomic E-state index is 0.160. The Morgan fingerprint density at radius 2 is 1.23 bits per heavy atom. The average molecular weight is 421 g/mol. The number of nitrogens with one attached hydrogen (secondary N) is 2. The largest absolute Gasteiger partial charge is 0.359 e. The van der Waals surface area contributed by atoms with Crippen LogP contribution in [-0.4, -0.2) is 73.8 Å². The standard InChI is InChI=1S/C22H36N4O4/c1-15(2)17-11-23-13-22(8-6-10-30-22)20(28)26-18(16(3)4)12-24-14-21(19(27)25-17)7-5-9-29-21/h13-18H,5-12H2,1-4H3,(H,25,27)(H,26,28)/t17-,18-,21-,22-/m0/s1. The van der Waals surface area contributed by atoms with Crippen LogP contribution in [0, 0.1) is 11.8 Å². The number of aliphatic imine (C=N–C) groups is 2. The van der Waals surface area contributed by atoms with Gasteiger partial charge in [-0.05, 0) is 37.5 Å². The van der Waals surface area contributed by atoms with E-state index in [0.29, 0.717) is 39.1 Å². The van der Waals surface area contributed by atoms with Gasteiger partial charge >= 0.3 is 0 Å². The predicted octanol–water partition coefficient (Wildman–Crippen LogP) is 1.52. The summed E-state index contributed by atoms with van der Waals surface area (Å²) in [5, 5.41) is 6.23. The third-order valence-electron chi connectivity index (χ3n) is 6.32. The van der Waals surface area contributed by atoms with Crippen molar-refractivity contribution in [1.29, 1.82) is 0 Å². The van der Waals surface area contributed by atoms with Crippen LogP contribution in [-0.2, 0) is 19.1 Å². The van der Waals surface area contributed by atoms with Crippen molar-refractivity contribution in [3.63, 3.8) is 0 Å². The van der Waals surface area contributed by atoms with Crippen LogP contribution in [0.4, 0.5) is 0 Å². The maximum atomic E-state index is 13.2. The highest BCUT2D eigenvalue weighted by molar-refractivity contribution is 6.03. The number of rotatable bonds is 2. The smallest absolute Gasteiger partial charge is 0.258 e. The molecule has 168 valence electrons. The first-order valence-electron chi connectivity index (χ1n) is 11.2. The van der Waals surface area contributed by atoms with Crippen LogP contribution < -0.4 is 10.6 Å². The number of ether oxygens (including phenoxy) is 2. The lowest BCUT2D eigenvalue weighted by molar-refractivity contribution is -0.136. The van der Waals surface area contributed by atoms with E-state index in [4.69, 9.17) is 9.47 Å². The summed E-state index contributed by atoms with van der Waals surface area (Å²) in [5.41, 5.74) is -2.08. The number of nitrogens with zero attached hydrogens (tertiary/aromatic N) is 2. The molecule has 0 aliphatic carbocycles. The van der Waals surface area contributed by atoms with Gasteiger partial charge in [0.25, 0.3) is 11.8 Å². The van der Waals surface area contributed by atoms with Crippen LogP contribution in [0.1, 0.15) is 53.4 Å². The van der Waals surface area contributed by atoms with Gasteiger partial charge in [-0.3, -0.25) is 19.6 Å². The monoisotopic (exact) mass is 420 g/mol. The van der Waals surface area contributed by atoms with Crippen LogP contribution in [0.15, 0.2) is 9.98 Å². The van der Waals surface area contributed by atoms with Gasteiger partial charge in [-0.1, -0.05) is 27.7 Å². The van der Waals surface area contributed by atoms with Crippen molar-refractivity contribution < 1.29 is 19.1 Å². The van der Waals surface area contributed by atoms with Gasteiger partial charge in [-0.2, -0.15) is 0 Å². The van der Waals surface area contributed by atoms with Gasteiger partial charge in [0.15, 0.2) is 11.2 Å². The Labute approximate surface area is 179 Å². The first kappa shape index (κ1) is 22.9. The first-order chi connectivity index (χ1) is 14.3. The van der Waals surface area contributed by atoms with Gasteiger partial charge < -0.3 is 20.1 Å². The number of carbonyl (C=O) groups excluding carboxylic acids is 2. The third-order valence-corrected chi connectivity index (χ3v) is 6.32. The van der Waals surface area contributed by atoms with Crippen molar-refractivity contribution in [2.75, 3.05) is 26.3 Å². The molecular weight excluding hydrogens is 384 g/mol. The molecule has 8 heteroatoms. The number of hydrogen-bond donors (Lipinski definition) is 2. The Hall–Kier alpha value is -1.80. The molecule has 2 fully saturated rings. The molecule has 3 aliphatic heterocycles. The van der Waals surface area contributed by atoms with Gasteiger partial charge in [0, 0.05) is 25.6 Å². The Morgan fingerprint density at radius 1 is 0.833 bits per heavy atom. The average Bonchev–Trinajstić information content (AvgIpc) is 3.36. The molecule has 0 bridgehead atoms. The molecule has 2 spiro atoms. The molecule has 3 heterocycles. The number of hydrogen-bond acceptors (Lipinski definition) is 6. The molecule has 0 aromatic carbocycles. The van der Waals surface area contributed by atoms with Crippen molar-refractivity contribution >= 4 is 24.2 Å². The van der Waals surface area contributed by atoms with E-state index in [-0.39, 0.29) is 35.7 Å². The second kappa shape index (κ2) is 9.56. The summed E-state index contributed by atoms with van der Waals surface area (Å²) in [6, 6.07) is -0.341. The fourth-order valence-corrected chi connectivity index (χ4v) is 4.06. The molecule has 3 rings (SSSR count). The Kier molecular flexibility index (Phi) is 7.29. The lowest BCUT2D eigenvalue weighted by atomic mass is 9.96. The molecular formula is C22H36N4O4. The zero-order chi connectivity index (χ0) is 21.8. The highest BCUT2D eigenvalue weighted by atomic mass is 16.5. The molecule has 4 atom stereocenters. The first-order valence-corrected chi connectivity index (χ1v) is 11.2. The van der Waals surface area contributed by atoms with E-state index < -0.39 is 11.2 Å². The van der Waals surface area contributed by atoms with Crippen molar-refractivity contribution in [1.82, 2.24) is 10.6 Å². The summed E-state index contributed by atoms with van der Waals surface area (Å²) in [6.45, 7) is 10.0. The lowest BCUT2D eigenvalue weighted by Gasteiger charge is -2.30. The van der Waals surface area contributed by atoms with Crippen LogP contribution in [0.2, 0.25) is 0 Å². The molecule has 3 aliphatic rings. The van der Waals surface area contributed by atoms with Gasteiger partial charge in [0.1, 0.15) is 0 Å². The summed E-state index contributed by atoms with van der Waals surface area (Å²) >= 11 is 0. The molecule has 0 radical (unpaired) electrons. The van der Waals surface area contributed by atoms with E-state index in [9.17, 15) is 9.59 Å². The Balaban J connectivity index is 1.92. The normalized spacial score (nSPS) is 35.9. The Bertz CT molecular complexity index is 619. The summed E-state index contributed by atoms with van der Waals surface area (Å²) < 4.78 is 11.7. The zero-order valence-corrected chi connectivity index (χ0v) is 18.6. The predicted molar refractivity (Wildman–Crippen MR) is 116 cm³/mol. The quantitative estimate of drug-likeness (QED) is 0.707. The van der Waals surface area contributed by atoms with Crippen LogP contribution in [0.3, 0.4) is 0 Å². The van der Waals surface area contributed by atoms with E-state index >= 15 is 0 Å². The second-order valence-electron chi connectivity index (χ2n) is 9.32. The van der Waals surface area contributed by atoms with Gasteiger partial charge in [0.2, 0.25) is 0 Å². The van der Waals surface area contributed by atoms with E-state index in [2.05, 4.69) is 20.6 Å². The number of amides is 2. The molecule has 8 nitrogen and oxygen atoms in total. The fraction of sp³-hybridized carbons (Fsp3) is 0.818. The van der Waals surface area contributed by atoms with Gasteiger partial charge in [-0.15, -0.1) is 0 Å². The summed E-state index contributed by atoms with van der Waals surface area (Å²) in [5.74, 6) is 0.0290. The van der Waals surface area contributed by atoms with Gasteiger partial charge in [-0.25, -0.2) is 0 Å².